The zero-order chi connectivity index (χ0) is 15.2. The second kappa shape index (κ2) is 6.95. The van der Waals surface area contributed by atoms with Gasteiger partial charge in [0.2, 0.25) is 0 Å². The molecular weight excluding hydrogens is 268 g/mol. The molecule has 0 saturated carbocycles. The Labute approximate surface area is 124 Å². The van der Waals surface area contributed by atoms with Gasteiger partial charge in [-0.25, -0.2) is 0 Å². The Bertz CT molecular complexity index is 594. The first-order valence-electron chi connectivity index (χ1n) is 6.86. The molecule has 0 fully saturated rings. The predicted molar refractivity (Wildman–Crippen MR) is 79.7 cm³/mol. The maximum absolute atomic E-state index is 12.0. The van der Waals surface area contributed by atoms with Crippen LogP contribution in [0, 0.1) is 6.92 Å². The first kappa shape index (κ1) is 15.1. The molecule has 0 spiro atoms. The summed E-state index contributed by atoms with van der Waals surface area (Å²) >= 11 is 0. The maximum Gasteiger partial charge on any atom is 0.261 e. The summed E-state index contributed by atoms with van der Waals surface area (Å²) < 4.78 is 10.9. The standard InChI is InChI=1S/C16H20N2O3/c1-11-5-6-15(13(8-11)9-17)21-12(2)16(19)18-10-14-4-3-7-20-14/h3-8,12H,9-10,17H2,1-2H3,(H,18,19). The van der Waals surface area contributed by atoms with Crippen molar-refractivity contribution in [3.05, 3.63) is 53.5 Å². The van der Waals surface area contributed by atoms with Crippen LogP contribution in [0.2, 0.25) is 0 Å². The third-order valence-electron chi connectivity index (χ3n) is 3.13. The highest BCUT2D eigenvalue weighted by atomic mass is 16.5. The van der Waals surface area contributed by atoms with Crippen molar-refractivity contribution in [2.75, 3.05) is 0 Å². The van der Waals surface area contributed by atoms with Gasteiger partial charge in [0.25, 0.3) is 5.91 Å². The number of carbonyl (C=O) groups is 1. The first-order chi connectivity index (χ1) is 10.1. The number of aryl methyl sites for hydroxylation is 1. The highest BCUT2D eigenvalue weighted by Gasteiger charge is 2.16. The van der Waals surface area contributed by atoms with Gasteiger partial charge in [0.15, 0.2) is 6.10 Å². The lowest BCUT2D eigenvalue weighted by molar-refractivity contribution is -0.127. The highest BCUT2D eigenvalue weighted by Crippen LogP contribution is 2.20. The lowest BCUT2D eigenvalue weighted by Crippen LogP contribution is -2.36. The van der Waals surface area contributed by atoms with Gasteiger partial charge in [-0.05, 0) is 32.0 Å². The van der Waals surface area contributed by atoms with E-state index in [2.05, 4.69) is 5.32 Å². The molecule has 21 heavy (non-hydrogen) atoms. The van der Waals surface area contributed by atoms with E-state index < -0.39 is 6.10 Å². The number of benzene rings is 1. The third kappa shape index (κ3) is 4.10. The summed E-state index contributed by atoms with van der Waals surface area (Å²) in [6.45, 7) is 4.41. The molecule has 1 aromatic carbocycles. The minimum Gasteiger partial charge on any atom is -0.481 e. The third-order valence-corrected chi connectivity index (χ3v) is 3.13. The van der Waals surface area contributed by atoms with E-state index in [4.69, 9.17) is 14.9 Å². The van der Waals surface area contributed by atoms with Gasteiger partial charge < -0.3 is 20.2 Å². The van der Waals surface area contributed by atoms with Crippen molar-refractivity contribution < 1.29 is 13.9 Å². The van der Waals surface area contributed by atoms with Crippen molar-refractivity contribution in [1.29, 1.82) is 0 Å². The molecule has 0 radical (unpaired) electrons. The Morgan fingerprint density at radius 3 is 2.90 bits per heavy atom. The van der Waals surface area contributed by atoms with Crippen LogP contribution >= 0.6 is 0 Å². The Morgan fingerprint density at radius 1 is 1.43 bits per heavy atom. The maximum atomic E-state index is 12.0. The second-order valence-electron chi connectivity index (χ2n) is 4.87. The summed E-state index contributed by atoms with van der Waals surface area (Å²) in [6.07, 6.45) is 0.967. The van der Waals surface area contributed by atoms with Crippen LogP contribution in [0.3, 0.4) is 0 Å². The second-order valence-corrected chi connectivity index (χ2v) is 4.87. The van der Waals surface area contributed by atoms with E-state index >= 15 is 0 Å². The topological polar surface area (TPSA) is 77.5 Å². The van der Waals surface area contributed by atoms with Crippen LogP contribution in [-0.2, 0) is 17.9 Å². The number of amides is 1. The molecule has 0 aliphatic carbocycles. The van der Waals surface area contributed by atoms with E-state index in [-0.39, 0.29) is 5.91 Å². The van der Waals surface area contributed by atoms with Gasteiger partial charge in [0.05, 0.1) is 12.8 Å². The lowest BCUT2D eigenvalue weighted by Gasteiger charge is -2.17. The van der Waals surface area contributed by atoms with E-state index in [1.165, 1.54) is 0 Å². The Balaban J connectivity index is 1.94. The molecule has 1 aromatic heterocycles. The van der Waals surface area contributed by atoms with Gasteiger partial charge in [0, 0.05) is 12.1 Å². The van der Waals surface area contributed by atoms with E-state index in [0.29, 0.717) is 24.6 Å². The van der Waals surface area contributed by atoms with Crippen molar-refractivity contribution in [3.8, 4) is 5.75 Å². The Morgan fingerprint density at radius 2 is 2.24 bits per heavy atom. The average Bonchev–Trinajstić information content (AvgIpc) is 2.99. The largest absolute Gasteiger partial charge is 0.481 e. The van der Waals surface area contributed by atoms with Crippen molar-refractivity contribution >= 4 is 5.91 Å². The number of ether oxygens (including phenoxy) is 1. The summed E-state index contributed by atoms with van der Waals surface area (Å²) in [5.74, 6) is 1.15. The molecule has 2 aromatic rings. The van der Waals surface area contributed by atoms with E-state index in [1.807, 2.05) is 25.1 Å². The molecule has 112 valence electrons. The summed E-state index contributed by atoms with van der Waals surface area (Å²) in [5, 5.41) is 2.76. The quantitative estimate of drug-likeness (QED) is 0.853. The number of hydrogen-bond donors (Lipinski definition) is 2. The van der Waals surface area contributed by atoms with Crippen LogP contribution in [0.15, 0.2) is 41.0 Å². The smallest absolute Gasteiger partial charge is 0.261 e. The molecule has 1 atom stereocenters. The molecule has 3 N–H and O–H groups in total. The highest BCUT2D eigenvalue weighted by molar-refractivity contribution is 5.80. The van der Waals surface area contributed by atoms with Gasteiger partial charge in [0.1, 0.15) is 11.5 Å². The minimum absolute atomic E-state index is 0.199. The van der Waals surface area contributed by atoms with Gasteiger partial charge in [-0.2, -0.15) is 0 Å². The Kier molecular flexibility index (Phi) is 5.00. The molecule has 1 heterocycles. The molecule has 0 saturated heterocycles. The zero-order valence-corrected chi connectivity index (χ0v) is 12.3. The minimum atomic E-state index is -0.604. The molecule has 5 nitrogen and oxygen atoms in total. The van der Waals surface area contributed by atoms with E-state index in [1.54, 1.807) is 25.3 Å². The number of furan rings is 1. The molecule has 0 aliphatic heterocycles. The van der Waals surface area contributed by atoms with Gasteiger partial charge in [-0.1, -0.05) is 17.7 Å². The average molecular weight is 288 g/mol. The van der Waals surface area contributed by atoms with Crippen LogP contribution in [-0.4, -0.2) is 12.0 Å². The summed E-state index contributed by atoms with van der Waals surface area (Å²) in [5.41, 5.74) is 7.70. The monoisotopic (exact) mass is 288 g/mol. The normalized spacial score (nSPS) is 12.0. The molecule has 5 heteroatoms. The molecule has 0 aliphatic rings. The molecular formula is C16H20N2O3. The van der Waals surface area contributed by atoms with Crippen LogP contribution in [0.25, 0.3) is 0 Å². The van der Waals surface area contributed by atoms with Crippen LogP contribution in [0.1, 0.15) is 23.8 Å². The van der Waals surface area contributed by atoms with Crippen molar-refractivity contribution in [2.45, 2.75) is 33.0 Å². The molecule has 2 rings (SSSR count). The van der Waals surface area contributed by atoms with Crippen LogP contribution < -0.4 is 15.8 Å². The number of rotatable bonds is 6. The summed E-state index contributed by atoms with van der Waals surface area (Å²) in [4.78, 5) is 12.0. The fraction of sp³-hybridized carbons (Fsp3) is 0.312. The van der Waals surface area contributed by atoms with E-state index in [9.17, 15) is 4.79 Å². The molecule has 0 bridgehead atoms. The SMILES string of the molecule is Cc1ccc(OC(C)C(=O)NCc2ccco2)c(CN)c1. The van der Waals surface area contributed by atoms with E-state index in [0.717, 1.165) is 11.1 Å². The fourth-order valence-electron chi connectivity index (χ4n) is 1.96. The number of hydrogen-bond acceptors (Lipinski definition) is 4. The molecule has 1 unspecified atom stereocenters. The number of nitrogens with one attached hydrogen (secondary N) is 1. The Hall–Kier alpha value is -2.27. The molecule has 1 amide bonds. The zero-order valence-electron chi connectivity index (χ0n) is 12.3. The number of nitrogens with two attached hydrogens (primary N) is 1. The van der Waals surface area contributed by atoms with Crippen molar-refractivity contribution in [2.24, 2.45) is 5.73 Å². The number of carbonyl (C=O) groups excluding carboxylic acids is 1. The summed E-state index contributed by atoms with van der Waals surface area (Å²) in [7, 11) is 0. The summed E-state index contributed by atoms with van der Waals surface area (Å²) in [6, 6.07) is 9.32. The first-order valence-corrected chi connectivity index (χ1v) is 6.86. The van der Waals surface area contributed by atoms with Gasteiger partial charge in [-0.15, -0.1) is 0 Å². The van der Waals surface area contributed by atoms with Gasteiger partial charge in [-0.3, -0.25) is 4.79 Å². The van der Waals surface area contributed by atoms with Crippen molar-refractivity contribution in [1.82, 2.24) is 5.32 Å². The van der Waals surface area contributed by atoms with Gasteiger partial charge >= 0.3 is 0 Å². The van der Waals surface area contributed by atoms with Crippen molar-refractivity contribution in [3.63, 3.8) is 0 Å². The lowest BCUT2D eigenvalue weighted by atomic mass is 10.1. The van der Waals surface area contributed by atoms with Crippen LogP contribution in [0.4, 0.5) is 0 Å². The fourth-order valence-corrected chi connectivity index (χ4v) is 1.96. The predicted octanol–water partition coefficient (Wildman–Crippen LogP) is 2.13. The van der Waals surface area contributed by atoms with Crippen LogP contribution in [0.5, 0.6) is 5.75 Å².